The molecule has 0 saturated carbocycles. The Kier molecular flexibility index (Phi) is 10.0. The molecule has 1 fully saturated rings. The number of hydrogen-bond acceptors (Lipinski definition) is 7. The summed E-state index contributed by atoms with van der Waals surface area (Å²) in [4.78, 5) is 62.0. The number of carbonyl (C=O) groups is 5. The molecule has 3 rings (SSSR count). The predicted molar refractivity (Wildman–Crippen MR) is 148 cm³/mol. The smallest absolute Gasteiger partial charge is 0.326 e. The van der Waals surface area contributed by atoms with Crippen LogP contribution < -0.4 is 10.6 Å². The summed E-state index contributed by atoms with van der Waals surface area (Å²) in [6.07, 6.45) is 0.0197. The topological polar surface area (TPSA) is 153 Å². The lowest BCUT2D eigenvalue weighted by atomic mass is 10.0. The van der Waals surface area contributed by atoms with Gasteiger partial charge in [0.15, 0.2) is 6.04 Å². The van der Waals surface area contributed by atoms with E-state index in [1.165, 1.54) is 0 Å². The van der Waals surface area contributed by atoms with Gasteiger partial charge in [-0.25, -0.2) is 4.79 Å². The Balaban J connectivity index is 1.67. The minimum Gasteiger partial charge on any atom is -0.481 e. The fourth-order valence-corrected chi connectivity index (χ4v) is 5.89. The Labute approximate surface area is 239 Å². The third-order valence-corrected chi connectivity index (χ3v) is 7.86. The van der Waals surface area contributed by atoms with Crippen molar-refractivity contribution in [2.24, 2.45) is 0 Å². The molecule has 0 radical (unpaired) electrons. The summed E-state index contributed by atoms with van der Waals surface area (Å²) < 4.78 is 0. The zero-order chi connectivity index (χ0) is 28.9. The molecule has 1 aliphatic rings. The van der Waals surface area contributed by atoms with E-state index in [0.29, 0.717) is 11.3 Å². The van der Waals surface area contributed by atoms with Crippen LogP contribution in [0.15, 0.2) is 42.5 Å². The minimum atomic E-state index is -1.33. The first-order valence-corrected chi connectivity index (χ1v) is 13.5. The monoisotopic (exact) mass is 595 g/mol. The van der Waals surface area contributed by atoms with Gasteiger partial charge in [0.2, 0.25) is 11.0 Å². The van der Waals surface area contributed by atoms with E-state index >= 15 is 0 Å². The summed E-state index contributed by atoms with van der Waals surface area (Å²) in [5.41, 5.74) is 1.10. The third-order valence-electron chi connectivity index (χ3n) is 6.07. The first-order chi connectivity index (χ1) is 18.3. The van der Waals surface area contributed by atoms with Crippen LogP contribution in [-0.2, 0) is 25.6 Å². The van der Waals surface area contributed by atoms with Gasteiger partial charge in [-0.2, -0.15) is 0 Å². The number of carboxylic acid groups (broad SMARTS) is 2. The average molecular weight is 596 g/mol. The number of halogens is 2. The van der Waals surface area contributed by atoms with Crippen LogP contribution in [-0.4, -0.2) is 67.5 Å². The summed E-state index contributed by atoms with van der Waals surface area (Å²) in [5.74, 6) is -3.55. The van der Waals surface area contributed by atoms with E-state index in [0.717, 1.165) is 11.8 Å². The van der Waals surface area contributed by atoms with Crippen LogP contribution in [0.25, 0.3) is 0 Å². The van der Waals surface area contributed by atoms with Gasteiger partial charge in [0.1, 0.15) is 6.04 Å². The van der Waals surface area contributed by atoms with Crippen molar-refractivity contribution < 1.29 is 34.2 Å². The van der Waals surface area contributed by atoms with Crippen LogP contribution in [0.5, 0.6) is 0 Å². The third kappa shape index (κ3) is 7.72. The maximum absolute atomic E-state index is 13.1. The number of nitrogens with one attached hydrogen (secondary N) is 2. The zero-order valence-corrected chi connectivity index (χ0v) is 23.4. The van der Waals surface area contributed by atoms with Gasteiger partial charge in [0.25, 0.3) is 5.91 Å². The quantitative estimate of drug-likeness (QED) is 0.283. The van der Waals surface area contributed by atoms with E-state index in [9.17, 15) is 29.1 Å². The van der Waals surface area contributed by atoms with Crippen LogP contribution in [0, 0.1) is 0 Å². The van der Waals surface area contributed by atoms with Gasteiger partial charge in [-0.1, -0.05) is 53.2 Å². The number of nitrogens with zero attached hydrogens (tertiary/aromatic N) is 1. The highest BCUT2D eigenvalue weighted by Crippen LogP contribution is 2.40. The maximum Gasteiger partial charge on any atom is 0.326 e. The number of thioether (sulfide) groups is 1. The Morgan fingerprint density at radius 2 is 1.67 bits per heavy atom. The molecule has 208 valence electrons. The highest BCUT2D eigenvalue weighted by Gasteiger charge is 2.50. The highest BCUT2D eigenvalue weighted by atomic mass is 35.5. The van der Waals surface area contributed by atoms with E-state index in [2.05, 4.69) is 10.6 Å². The molecular formula is C26H27Cl2N3O7S. The lowest BCUT2D eigenvalue weighted by Crippen LogP contribution is -2.55. The first-order valence-electron chi connectivity index (χ1n) is 11.9. The second-order valence-corrected chi connectivity index (χ2v) is 11.7. The van der Waals surface area contributed by atoms with Crippen molar-refractivity contribution in [3.8, 4) is 0 Å². The van der Waals surface area contributed by atoms with E-state index in [1.54, 1.807) is 61.2 Å². The summed E-state index contributed by atoms with van der Waals surface area (Å²) in [6, 6.07) is 8.48. The molecule has 1 saturated heterocycles. The molecule has 0 aromatic heterocycles. The van der Waals surface area contributed by atoms with Crippen LogP contribution in [0.2, 0.25) is 10.0 Å². The number of hydrogen-bond donors (Lipinski definition) is 4. The summed E-state index contributed by atoms with van der Waals surface area (Å²) in [7, 11) is 0. The Morgan fingerprint density at radius 3 is 2.23 bits per heavy atom. The molecule has 39 heavy (non-hydrogen) atoms. The molecule has 0 bridgehead atoms. The van der Waals surface area contributed by atoms with Crippen molar-refractivity contribution in [1.82, 2.24) is 10.2 Å². The Hall–Kier alpha value is -3.12. The van der Waals surface area contributed by atoms with Crippen LogP contribution >= 0.6 is 35.0 Å². The van der Waals surface area contributed by atoms with Gasteiger partial charge >= 0.3 is 11.9 Å². The summed E-state index contributed by atoms with van der Waals surface area (Å²) in [5, 5.41) is 23.8. The van der Waals surface area contributed by atoms with Crippen molar-refractivity contribution >= 4 is 69.5 Å². The van der Waals surface area contributed by atoms with E-state index in [4.69, 9.17) is 28.3 Å². The molecule has 0 spiro atoms. The molecule has 1 aliphatic heterocycles. The molecule has 2 aromatic carbocycles. The molecule has 13 heteroatoms. The summed E-state index contributed by atoms with van der Waals surface area (Å²) in [6.45, 7) is 3.68. The normalized spacial score (nSPS) is 17.4. The molecular weight excluding hydrogens is 569 g/mol. The average Bonchev–Trinajstić information content (AvgIpc) is 3.06. The number of benzene rings is 2. The number of rotatable bonds is 11. The summed E-state index contributed by atoms with van der Waals surface area (Å²) >= 11 is 13.1. The number of anilines is 1. The van der Waals surface area contributed by atoms with E-state index in [1.807, 2.05) is 0 Å². The molecule has 1 heterocycles. The van der Waals surface area contributed by atoms with Crippen molar-refractivity contribution in [2.75, 3.05) is 11.9 Å². The SMILES string of the molecule is CC1(C)SC(=O)[C@@H](C(=O)N[C@@H](Cc2ccc(NC(=O)c3c(Cl)cccc3Cl)cc2)C(=O)O)N1CCCC(=O)O. The minimum absolute atomic E-state index is 0.0812. The van der Waals surface area contributed by atoms with Gasteiger partial charge in [0, 0.05) is 25.1 Å². The fraction of sp³-hybridized carbons (Fsp3) is 0.346. The first kappa shape index (κ1) is 30.4. The maximum atomic E-state index is 13.1. The van der Waals surface area contributed by atoms with Crippen LogP contribution in [0.3, 0.4) is 0 Å². The second-order valence-electron chi connectivity index (χ2n) is 9.31. The lowest BCUT2D eigenvalue weighted by Gasteiger charge is -2.33. The fourth-order valence-electron chi connectivity index (χ4n) is 4.17. The predicted octanol–water partition coefficient (Wildman–Crippen LogP) is 3.90. The van der Waals surface area contributed by atoms with Crippen LogP contribution in [0.4, 0.5) is 5.69 Å². The molecule has 2 amide bonds. The van der Waals surface area contributed by atoms with E-state index < -0.39 is 45.8 Å². The van der Waals surface area contributed by atoms with Crippen molar-refractivity contribution in [3.63, 3.8) is 0 Å². The lowest BCUT2D eigenvalue weighted by molar-refractivity contribution is -0.143. The molecule has 0 aliphatic carbocycles. The largest absolute Gasteiger partial charge is 0.481 e. The second kappa shape index (κ2) is 12.8. The molecule has 2 aromatic rings. The van der Waals surface area contributed by atoms with Crippen LogP contribution in [0.1, 0.15) is 42.6 Å². The van der Waals surface area contributed by atoms with Crippen molar-refractivity contribution in [1.29, 1.82) is 0 Å². The highest BCUT2D eigenvalue weighted by molar-refractivity contribution is 8.15. The number of carbonyl (C=O) groups excluding carboxylic acids is 3. The number of carboxylic acids is 2. The zero-order valence-electron chi connectivity index (χ0n) is 21.1. The standard InChI is InChI=1S/C26H27Cl2N3O7S/c1-26(2)31(12-4-7-19(32)33)21(25(38)39-26)23(35)30-18(24(36)37)13-14-8-10-15(11-9-14)29-22(34)20-16(27)5-3-6-17(20)28/h3,5-6,8-11,18,21H,4,7,12-13H2,1-2H3,(H,29,34)(H,30,35)(H,32,33)(H,36,37)/t18-,21+/m0/s1. The van der Waals surface area contributed by atoms with E-state index in [-0.39, 0.29) is 41.4 Å². The molecule has 10 nitrogen and oxygen atoms in total. The molecule has 2 atom stereocenters. The van der Waals surface area contributed by atoms with Gasteiger partial charge in [-0.05, 0) is 50.1 Å². The van der Waals surface area contributed by atoms with Gasteiger partial charge in [0.05, 0.1) is 20.5 Å². The molecule has 4 N–H and O–H groups in total. The van der Waals surface area contributed by atoms with Crippen molar-refractivity contribution in [2.45, 2.75) is 50.1 Å². The number of amides is 2. The van der Waals surface area contributed by atoms with Crippen molar-refractivity contribution in [3.05, 3.63) is 63.6 Å². The van der Waals surface area contributed by atoms with Gasteiger partial charge in [-0.3, -0.25) is 24.1 Å². The Bertz CT molecular complexity index is 1270. The van der Waals surface area contributed by atoms with Gasteiger partial charge < -0.3 is 20.8 Å². The van der Waals surface area contributed by atoms with Gasteiger partial charge in [-0.15, -0.1) is 0 Å². The Morgan fingerprint density at radius 1 is 1.05 bits per heavy atom. The number of aliphatic carboxylic acids is 2. The molecule has 0 unspecified atom stereocenters.